The van der Waals surface area contributed by atoms with Gasteiger partial charge in [0.2, 0.25) is 5.95 Å². The molecule has 2 N–H and O–H groups in total. The maximum Gasteiger partial charge on any atom is 0.274 e. The zero-order valence-electron chi connectivity index (χ0n) is 12.6. The van der Waals surface area contributed by atoms with Crippen LogP contribution >= 0.6 is 0 Å². The maximum absolute atomic E-state index is 13.6. The minimum Gasteiger partial charge on any atom is -0.354 e. The predicted molar refractivity (Wildman–Crippen MR) is 79.8 cm³/mol. The van der Waals surface area contributed by atoms with Crippen LogP contribution in [0.2, 0.25) is 0 Å². The molecular formula is C15H15F3N4O. The van der Waals surface area contributed by atoms with E-state index in [4.69, 9.17) is 0 Å². The van der Waals surface area contributed by atoms with Gasteiger partial charge >= 0.3 is 0 Å². The summed E-state index contributed by atoms with van der Waals surface area (Å²) < 4.78 is 39.7. The van der Waals surface area contributed by atoms with Crippen molar-refractivity contribution in [3.8, 4) is 0 Å². The standard InChI is InChI=1S/C15H15F3N4O/c1-3-6-19-15-20-8(2)7-11(22-15)14(23)21-10-5-4-9(16)12(17)13(10)18/h4-5,7H,3,6H2,1-2H3,(H,21,23)(H,19,20,22). The Morgan fingerprint density at radius 1 is 1.17 bits per heavy atom. The lowest BCUT2D eigenvalue weighted by atomic mass is 10.2. The predicted octanol–water partition coefficient (Wildman–Crippen LogP) is 3.28. The largest absolute Gasteiger partial charge is 0.354 e. The van der Waals surface area contributed by atoms with Crippen LogP contribution in [-0.4, -0.2) is 22.4 Å². The first-order chi connectivity index (χ1) is 10.9. The van der Waals surface area contributed by atoms with Crippen LogP contribution in [0.25, 0.3) is 0 Å². The van der Waals surface area contributed by atoms with Crippen LogP contribution in [0.15, 0.2) is 18.2 Å². The summed E-state index contributed by atoms with van der Waals surface area (Å²) in [6.07, 6.45) is 0.846. The number of aromatic nitrogens is 2. The van der Waals surface area contributed by atoms with E-state index in [-0.39, 0.29) is 11.6 Å². The Kier molecular flexibility index (Phi) is 5.15. The Labute approximate surface area is 131 Å². The van der Waals surface area contributed by atoms with Gasteiger partial charge in [-0.15, -0.1) is 0 Å². The summed E-state index contributed by atoms with van der Waals surface area (Å²) >= 11 is 0. The van der Waals surface area contributed by atoms with Crippen molar-refractivity contribution in [3.05, 3.63) is 47.0 Å². The molecule has 23 heavy (non-hydrogen) atoms. The molecule has 0 saturated heterocycles. The molecule has 0 unspecified atom stereocenters. The highest BCUT2D eigenvalue weighted by molar-refractivity contribution is 6.03. The number of aryl methyl sites for hydroxylation is 1. The SMILES string of the molecule is CCCNc1nc(C)cc(C(=O)Nc2ccc(F)c(F)c2F)n1. The second-order valence-electron chi connectivity index (χ2n) is 4.82. The van der Waals surface area contributed by atoms with Crippen molar-refractivity contribution in [2.75, 3.05) is 17.2 Å². The third-order valence-electron chi connectivity index (χ3n) is 2.90. The average Bonchev–Trinajstić information content (AvgIpc) is 2.53. The number of benzene rings is 1. The summed E-state index contributed by atoms with van der Waals surface area (Å²) in [6.45, 7) is 4.26. The van der Waals surface area contributed by atoms with Gasteiger partial charge in [-0.2, -0.15) is 0 Å². The number of carbonyl (C=O) groups is 1. The van der Waals surface area contributed by atoms with E-state index in [0.717, 1.165) is 18.6 Å². The summed E-state index contributed by atoms with van der Waals surface area (Å²) in [5.74, 6) is -4.92. The van der Waals surface area contributed by atoms with Gasteiger partial charge in [0, 0.05) is 12.2 Å². The second kappa shape index (κ2) is 7.08. The van der Waals surface area contributed by atoms with Crippen LogP contribution in [0.1, 0.15) is 29.5 Å². The fourth-order valence-electron chi connectivity index (χ4n) is 1.81. The quantitative estimate of drug-likeness (QED) is 0.828. The Morgan fingerprint density at radius 3 is 2.61 bits per heavy atom. The topological polar surface area (TPSA) is 66.9 Å². The molecule has 0 fully saturated rings. The van der Waals surface area contributed by atoms with Crippen molar-refractivity contribution in [2.24, 2.45) is 0 Å². The smallest absolute Gasteiger partial charge is 0.274 e. The summed E-state index contributed by atoms with van der Waals surface area (Å²) in [5, 5.41) is 5.10. The van der Waals surface area contributed by atoms with E-state index in [1.807, 2.05) is 6.92 Å². The van der Waals surface area contributed by atoms with E-state index in [2.05, 4.69) is 20.6 Å². The summed E-state index contributed by atoms with van der Waals surface area (Å²) in [7, 11) is 0. The number of hydrogen-bond donors (Lipinski definition) is 2. The molecule has 0 saturated carbocycles. The Bertz CT molecular complexity index is 737. The van der Waals surface area contributed by atoms with Crippen LogP contribution in [0.4, 0.5) is 24.8 Å². The van der Waals surface area contributed by atoms with Crippen molar-refractivity contribution < 1.29 is 18.0 Å². The minimum absolute atomic E-state index is 0.0137. The number of anilines is 2. The van der Waals surface area contributed by atoms with Crippen LogP contribution in [0.3, 0.4) is 0 Å². The Morgan fingerprint density at radius 2 is 1.91 bits per heavy atom. The number of halogens is 3. The third kappa shape index (κ3) is 3.97. The van der Waals surface area contributed by atoms with Crippen molar-refractivity contribution >= 4 is 17.5 Å². The number of rotatable bonds is 5. The lowest BCUT2D eigenvalue weighted by Crippen LogP contribution is -2.17. The van der Waals surface area contributed by atoms with Gasteiger partial charge in [-0.25, -0.2) is 23.1 Å². The zero-order chi connectivity index (χ0) is 17.0. The molecule has 0 spiro atoms. The van der Waals surface area contributed by atoms with Crippen LogP contribution in [0, 0.1) is 24.4 Å². The lowest BCUT2D eigenvalue weighted by molar-refractivity contribution is 0.102. The van der Waals surface area contributed by atoms with Crippen molar-refractivity contribution in [2.45, 2.75) is 20.3 Å². The molecule has 1 amide bonds. The van der Waals surface area contributed by atoms with Crippen LogP contribution in [-0.2, 0) is 0 Å². The Hall–Kier alpha value is -2.64. The monoisotopic (exact) mass is 324 g/mol. The van der Waals surface area contributed by atoms with Crippen molar-refractivity contribution in [1.29, 1.82) is 0 Å². The van der Waals surface area contributed by atoms with Crippen LogP contribution < -0.4 is 10.6 Å². The molecule has 1 aromatic heterocycles. The number of amides is 1. The first-order valence-corrected chi connectivity index (χ1v) is 6.96. The van der Waals surface area contributed by atoms with Gasteiger partial charge in [0.15, 0.2) is 17.5 Å². The Balaban J connectivity index is 2.24. The van der Waals surface area contributed by atoms with E-state index >= 15 is 0 Å². The zero-order valence-corrected chi connectivity index (χ0v) is 12.6. The third-order valence-corrected chi connectivity index (χ3v) is 2.90. The molecule has 5 nitrogen and oxygen atoms in total. The first kappa shape index (κ1) is 16.7. The van der Waals surface area contributed by atoms with Gasteiger partial charge in [-0.1, -0.05) is 6.92 Å². The molecule has 0 atom stereocenters. The first-order valence-electron chi connectivity index (χ1n) is 6.96. The minimum atomic E-state index is -1.65. The summed E-state index contributed by atoms with van der Waals surface area (Å²) in [4.78, 5) is 20.3. The van der Waals surface area contributed by atoms with Gasteiger partial charge in [-0.3, -0.25) is 4.79 Å². The summed E-state index contributed by atoms with van der Waals surface area (Å²) in [5.41, 5.74) is 0.0583. The lowest BCUT2D eigenvalue weighted by Gasteiger charge is -2.09. The molecule has 0 aliphatic carbocycles. The molecule has 1 heterocycles. The maximum atomic E-state index is 13.6. The summed E-state index contributed by atoms with van der Waals surface area (Å²) in [6, 6.07) is 3.08. The molecule has 0 bridgehead atoms. The van der Waals surface area contributed by atoms with Gasteiger partial charge < -0.3 is 10.6 Å². The van der Waals surface area contributed by atoms with Gasteiger partial charge in [0.25, 0.3) is 5.91 Å². The number of carbonyl (C=O) groups excluding carboxylic acids is 1. The number of nitrogens with one attached hydrogen (secondary N) is 2. The molecule has 0 radical (unpaired) electrons. The highest BCUT2D eigenvalue weighted by atomic mass is 19.2. The number of hydrogen-bond acceptors (Lipinski definition) is 4. The normalized spacial score (nSPS) is 10.5. The van der Waals surface area contributed by atoms with Gasteiger partial charge in [0.1, 0.15) is 5.69 Å². The number of nitrogens with zero attached hydrogens (tertiary/aromatic N) is 2. The molecule has 0 aliphatic heterocycles. The highest BCUT2D eigenvalue weighted by Crippen LogP contribution is 2.20. The average molecular weight is 324 g/mol. The van der Waals surface area contributed by atoms with Crippen molar-refractivity contribution in [3.63, 3.8) is 0 Å². The molecule has 2 rings (SSSR count). The van der Waals surface area contributed by atoms with E-state index in [9.17, 15) is 18.0 Å². The molecule has 0 aliphatic rings. The van der Waals surface area contributed by atoms with E-state index in [0.29, 0.717) is 12.2 Å². The van der Waals surface area contributed by atoms with Crippen LogP contribution in [0.5, 0.6) is 0 Å². The van der Waals surface area contributed by atoms with Gasteiger partial charge in [-0.05, 0) is 31.5 Å². The highest BCUT2D eigenvalue weighted by Gasteiger charge is 2.17. The molecule has 2 aromatic rings. The van der Waals surface area contributed by atoms with E-state index in [1.165, 1.54) is 6.07 Å². The molecule has 8 heteroatoms. The van der Waals surface area contributed by atoms with Gasteiger partial charge in [0.05, 0.1) is 5.69 Å². The fourth-order valence-corrected chi connectivity index (χ4v) is 1.81. The van der Waals surface area contributed by atoms with E-state index in [1.54, 1.807) is 6.92 Å². The van der Waals surface area contributed by atoms with E-state index < -0.39 is 29.0 Å². The molecule has 1 aromatic carbocycles. The molecular weight excluding hydrogens is 309 g/mol. The second-order valence-corrected chi connectivity index (χ2v) is 4.82. The fraction of sp³-hybridized carbons (Fsp3) is 0.267. The molecule has 122 valence electrons. The van der Waals surface area contributed by atoms with Crippen molar-refractivity contribution in [1.82, 2.24) is 9.97 Å².